The van der Waals surface area contributed by atoms with Gasteiger partial charge in [0.2, 0.25) is 5.95 Å². The summed E-state index contributed by atoms with van der Waals surface area (Å²) in [5.74, 6) is -1.74. The van der Waals surface area contributed by atoms with E-state index in [0.717, 1.165) is 13.1 Å². The number of carbonyl (C=O) groups is 2. The zero-order chi connectivity index (χ0) is 23.7. The lowest BCUT2D eigenvalue weighted by atomic mass is 9.98. The second kappa shape index (κ2) is 8.95. The number of piperazine rings is 1. The van der Waals surface area contributed by atoms with Crippen LogP contribution in [0.3, 0.4) is 0 Å². The molecule has 4 rings (SSSR count). The Hall–Kier alpha value is -3.85. The molecule has 9 heteroatoms. The molecule has 0 bridgehead atoms. The van der Waals surface area contributed by atoms with Crippen molar-refractivity contribution in [2.45, 2.75) is 6.92 Å². The normalized spacial score (nSPS) is 14.3. The van der Waals surface area contributed by atoms with Gasteiger partial charge in [-0.15, -0.1) is 0 Å². The van der Waals surface area contributed by atoms with E-state index < -0.39 is 11.6 Å². The second-order valence-electron chi connectivity index (χ2n) is 8.14. The highest BCUT2D eigenvalue weighted by atomic mass is 19.1. The van der Waals surface area contributed by atoms with Gasteiger partial charge in [0, 0.05) is 37.3 Å². The van der Waals surface area contributed by atoms with Crippen LogP contribution in [0, 0.1) is 12.7 Å². The maximum absolute atomic E-state index is 14.3. The van der Waals surface area contributed by atoms with E-state index in [9.17, 15) is 19.1 Å². The van der Waals surface area contributed by atoms with Gasteiger partial charge in [0.15, 0.2) is 5.78 Å². The van der Waals surface area contributed by atoms with Crippen LogP contribution in [0.4, 0.5) is 10.3 Å². The fourth-order valence-electron chi connectivity index (χ4n) is 3.73. The van der Waals surface area contributed by atoms with Crippen molar-refractivity contribution in [2.75, 3.05) is 39.0 Å². The number of hydrogen-bond acceptors (Lipinski definition) is 7. The van der Waals surface area contributed by atoms with Crippen LogP contribution in [-0.4, -0.2) is 69.8 Å². The first kappa shape index (κ1) is 22.3. The Labute approximate surface area is 190 Å². The third-order valence-electron chi connectivity index (χ3n) is 5.66. The quantitative estimate of drug-likeness (QED) is 0.589. The first-order valence-corrected chi connectivity index (χ1v) is 10.5. The van der Waals surface area contributed by atoms with Gasteiger partial charge in [0.25, 0.3) is 5.91 Å². The highest BCUT2D eigenvalue weighted by Crippen LogP contribution is 2.31. The molecule has 1 fully saturated rings. The minimum Gasteiger partial charge on any atom is -0.507 e. The van der Waals surface area contributed by atoms with Gasteiger partial charge in [-0.3, -0.25) is 9.59 Å². The monoisotopic (exact) mass is 449 g/mol. The Morgan fingerprint density at radius 3 is 2.45 bits per heavy atom. The van der Waals surface area contributed by atoms with Crippen LogP contribution in [0.15, 0.2) is 42.5 Å². The maximum atomic E-state index is 14.3. The van der Waals surface area contributed by atoms with Crippen molar-refractivity contribution < 1.29 is 19.1 Å². The third-order valence-corrected chi connectivity index (χ3v) is 5.66. The van der Waals surface area contributed by atoms with Gasteiger partial charge < -0.3 is 20.6 Å². The zero-order valence-electron chi connectivity index (χ0n) is 18.4. The molecule has 0 saturated carbocycles. The lowest BCUT2D eigenvalue weighted by Gasteiger charge is -2.32. The minimum atomic E-state index is -0.624. The van der Waals surface area contributed by atoms with Crippen LogP contribution in [-0.2, 0) is 0 Å². The van der Waals surface area contributed by atoms with Gasteiger partial charge in [-0.05, 0) is 55.9 Å². The molecule has 1 amide bonds. The Morgan fingerprint density at radius 1 is 1.03 bits per heavy atom. The van der Waals surface area contributed by atoms with Crippen LogP contribution in [0.5, 0.6) is 5.75 Å². The topological polar surface area (TPSA) is 113 Å². The number of nitrogens with two attached hydrogens (primary N) is 1. The number of hydrogen-bond donors (Lipinski definition) is 2. The van der Waals surface area contributed by atoms with E-state index in [1.807, 2.05) is 7.05 Å². The number of nitrogens with zero attached hydrogens (tertiary/aromatic N) is 4. The Morgan fingerprint density at radius 2 is 1.76 bits per heavy atom. The van der Waals surface area contributed by atoms with Crippen molar-refractivity contribution in [3.05, 3.63) is 70.7 Å². The molecule has 2 heterocycles. The molecular weight excluding hydrogens is 425 g/mol. The van der Waals surface area contributed by atoms with Crippen molar-refractivity contribution in [3.8, 4) is 17.0 Å². The third kappa shape index (κ3) is 4.68. The first-order chi connectivity index (χ1) is 15.7. The highest BCUT2D eigenvalue weighted by molar-refractivity contribution is 6.10. The van der Waals surface area contributed by atoms with Crippen LogP contribution >= 0.6 is 0 Å². The number of phenolic OH excluding ortho intramolecular Hbond substituents is 1. The number of carbonyl (C=O) groups excluding carboxylic acids is 2. The summed E-state index contributed by atoms with van der Waals surface area (Å²) in [7, 11) is 1.99. The molecule has 0 aliphatic carbocycles. The van der Waals surface area contributed by atoms with Crippen LogP contribution in [0.2, 0.25) is 0 Å². The predicted molar refractivity (Wildman–Crippen MR) is 122 cm³/mol. The van der Waals surface area contributed by atoms with Crippen LogP contribution in [0.1, 0.15) is 32.0 Å². The molecule has 8 nitrogen and oxygen atoms in total. The van der Waals surface area contributed by atoms with Crippen molar-refractivity contribution >= 4 is 17.6 Å². The number of benzene rings is 2. The summed E-state index contributed by atoms with van der Waals surface area (Å²) >= 11 is 0. The number of amides is 1. The number of aromatic nitrogens is 2. The summed E-state index contributed by atoms with van der Waals surface area (Å²) in [6.45, 7) is 4.35. The van der Waals surface area contributed by atoms with Gasteiger partial charge in [-0.25, -0.2) is 14.4 Å². The Bertz CT molecular complexity index is 1240. The number of aromatic hydroxyl groups is 1. The predicted octanol–water partition coefficient (Wildman–Crippen LogP) is 2.50. The second-order valence-corrected chi connectivity index (χ2v) is 8.14. The molecule has 170 valence electrons. The molecule has 3 aromatic rings. The fraction of sp³-hybridized carbons (Fsp3) is 0.250. The van der Waals surface area contributed by atoms with E-state index in [1.165, 1.54) is 36.4 Å². The van der Waals surface area contributed by atoms with E-state index >= 15 is 0 Å². The molecule has 1 aromatic heterocycles. The summed E-state index contributed by atoms with van der Waals surface area (Å²) < 4.78 is 14.3. The molecule has 1 saturated heterocycles. The van der Waals surface area contributed by atoms with E-state index in [-0.39, 0.29) is 45.7 Å². The molecule has 0 unspecified atom stereocenters. The summed E-state index contributed by atoms with van der Waals surface area (Å²) in [5, 5.41) is 10.4. The molecule has 0 spiro atoms. The standard InChI is InChI=1S/C24H24FN5O3/c1-14-3-5-16(18(25)11-14)22(32)15-4-6-21(31)17(12-15)19-13-20(28-24(26)27-19)23(33)30-9-7-29(2)8-10-30/h3-6,11-13,31H,7-10H2,1-2H3,(H2,26,27,28). The number of aryl methyl sites for hydroxylation is 1. The maximum Gasteiger partial charge on any atom is 0.272 e. The van der Waals surface area contributed by atoms with Gasteiger partial charge in [0.05, 0.1) is 11.3 Å². The van der Waals surface area contributed by atoms with E-state index in [0.29, 0.717) is 18.7 Å². The first-order valence-electron chi connectivity index (χ1n) is 10.5. The summed E-state index contributed by atoms with van der Waals surface area (Å²) in [5.41, 5.74) is 7.12. The number of nitrogen functional groups attached to an aromatic ring is 1. The van der Waals surface area contributed by atoms with Crippen molar-refractivity contribution in [1.29, 1.82) is 0 Å². The largest absolute Gasteiger partial charge is 0.507 e. The number of phenols is 1. The average Bonchev–Trinajstić information content (AvgIpc) is 2.78. The van der Waals surface area contributed by atoms with Crippen molar-refractivity contribution in [3.63, 3.8) is 0 Å². The van der Waals surface area contributed by atoms with E-state index in [4.69, 9.17) is 5.73 Å². The lowest BCUT2D eigenvalue weighted by Crippen LogP contribution is -2.47. The SMILES string of the molecule is Cc1ccc(C(=O)c2ccc(O)c(-c3cc(C(=O)N4CCN(C)CC4)nc(N)n3)c2)c(F)c1. The number of rotatable bonds is 4. The summed E-state index contributed by atoms with van der Waals surface area (Å²) in [4.78, 5) is 37.9. The lowest BCUT2D eigenvalue weighted by molar-refractivity contribution is 0.0658. The molecule has 1 aliphatic rings. The van der Waals surface area contributed by atoms with Gasteiger partial charge in [-0.2, -0.15) is 0 Å². The molecular formula is C24H24FN5O3. The number of halogens is 1. The zero-order valence-corrected chi connectivity index (χ0v) is 18.4. The minimum absolute atomic E-state index is 0.0784. The molecule has 33 heavy (non-hydrogen) atoms. The van der Waals surface area contributed by atoms with Gasteiger partial charge in [-0.1, -0.05) is 6.07 Å². The van der Waals surface area contributed by atoms with E-state index in [1.54, 1.807) is 17.9 Å². The molecule has 3 N–H and O–H groups in total. The molecule has 0 atom stereocenters. The smallest absolute Gasteiger partial charge is 0.272 e. The Kier molecular flexibility index (Phi) is 6.06. The average molecular weight is 449 g/mol. The Balaban J connectivity index is 1.69. The van der Waals surface area contributed by atoms with Gasteiger partial charge in [0.1, 0.15) is 17.3 Å². The number of ketones is 1. The van der Waals surface area contributed by atoms with Crippen LogP contribution in [0.25, 0.3) is 11.3 Å². The highest BCUT2D eigenvalue weighted by Gasteiger charge is 2.23. The molecule has 1 aliphatic heterocycles. The van der Waals surface area contributed by atoms with Crippen LogP contribution < -0.4 is 5.73 Å². The number of anilines is 1. The van der Waals surface area contributed by atoms with E-state index in [2.05, 4.69) is 14.9 Å². The summed E-state index contributed by atoms with van der Waals surface area (Å²) in [6, 6.07) is 9.94. The summed E-state index contributed by atoms with van der Waals surface area (Å²) in [6.07, 6.45) is 0. The molecule has 2 aromatic carbocycles. The molecule has 0 radical (unpaired) electrons. The van der Waals surface area contributed by atoms with Crippen molar-refractivity contribution in [1.82, 2.24) is 19.8 Å². The number of likely N-dealkylation sites (N-methyl/N-ethyl adjacent to an activating group) is 1. The van der Waals surface area contributed by atoms with Crippen molar-refractivity contribution in [2.24, 2.45) is 0 Å². The van der Waals surface area contributed by atoms with Gasteiger partial charge >= 0.3 is 0 Å². The fourth-order valence-corrected chi connectivity index (χ4v) is 3.73.